The summed E-state index contributed by atoms with van der Waals surface area (Å²) in [5.41, 5.74) is 1.71. The van der Waals surface area contributed by atoms with Crippen molar-refractivity contribution in [3.8, 4) is 6.07 Å². The maximum absolute atomic E-state index is 13.9. The van der Waals surface area contributed by atoms with Crippen LogP contribution in [0.5, 0.6) is 0 Å². The minimum Gasteiger partial charge on any atom is -0.321 e. The number of hydrogen-bond donors (Lipinski definition) is 1. The Kier molecular flexibility index (Phi) is 5.78. The predicted molar refractivity (Wildman–Crippen MR) is 131 cm³/mol. The standard InChI is InChI=1S/C26H20Cl2N4O2/c27-20-10-21(28)12-22(11-20)32-24(33)26(30-25(32)34)16-31(14-18-4-2-1-3-5-18)15-23(26)19-8-6-17(13-29)7-9-19/h1-12,23H,14-16H2,(H,30,34)/t23-,26-/m1/s1. The van der Waals surface area contributed by atoms with Crippen LogP contribution in [0.15, 0.2) is 72.8 Å². The van der Waals surface area contributed by atoms with Crippen molar-refractivity contribution in [2.24, 2.45) is 0 Å². The number of hydrogen-bond acceptors (Lipinski definition) is 4. The first-order chi connectivity index (χ1) is 16.4. The minimum atomic E-state index is -1.16. The van der Waals surface area contributed by atoms with E-state index in [1.807, 2.05) is 42.5 Å². The summed E-state index contributed by atoms with van der Waals surface area (Å²) in [6, 6.07) is 23.4. The number of benzene rings is 3. The van der Waals surface area contributed by atoms with E-state index >= 15 is 0 Å². The van der Waals surface area contributed by atoms with Gasteiger partial charge in [0.1, 0.15) is 5.54 Å². The van der Waals surface area contributed by atoms with E-state index in [1.54, 1.807) is 30.3 Å². The highest BCUT2D eigenvalue weighted by Gasteiger charge is 2.60. The van der Waals surface area contributed by atoms with Crippen molar-refractivity contribution in [1.82, 2.24) is 10.2 Å². The molecule has 6 nitrogen and oxygen atoms in total. The van der Waals surface area contributed by atoms with Crippen molar-refractivity contribution in [1.29, 1.82) is 5.26 Å². The summed E-state index contributed by atoms with van der Waals surface area (Å²) in [5.74, 6) is -0.652. The fourth-order valence-electron chi connectivity index (χ4n) is 4.92. The molecule has 2 aliphatic heterocycles. The molecule has 0 unspecified atom stereocenters. The van der Waals surface area contributed by atoms with E-state index in [0.29, 0.717) is 40.9 Å². The average Bonchev–Trinajstić information content (AvgIpc) is 3.29. The highest BCUT2D eigenvalue weighted by molar-refractivity contribution is 6.35. The Labute approximate surface area is 207 Å². The van der Waals surface area contributed by atoms with Gasteiger partial charge in [-0.05, 0) is 41.5 Å². The number of urea groups is 1. The molecule has 2 saturated heterocycles. The molecule has 34 heavy (non-hydrogen) atoms. The second-order valence-corrected chi connectivity index (χ2v) is 9.48. The lowest BCUT2D eigenvalue weighted by Crippen LogP contribution is -2.53. The van der Waals surface area contributed by atoms with Gasteiger partial charge in [-0.1, -0.05) is 65.7 Å². The Bertz CT molecular complexity index is 1290. The van der Waals surface area contributed by atoms with Gasteiger partial charge in [0.15, 0.2) is 0 Å². The first-order valence-corrected chi connectivity index (χ1v) is 11.5. The molecule has 170 valence electrons. The number of imide groups is 1. The maximum Gasteiger partial charge on any atom is 0.329 e. The van der Waals surface area contributed by atoms with Crippen LogP contribution in [0.25, 0.3) is 0 Å². The molecule has 8 heteroatoms. The molecule has 0 radical (unpaired) electrons. The second kappa shape index (κ2) is 8.77. The number of anilines is 1. The molecule has 0 aliphatic carbocycles. The molecular formula is C26H20Cl2N4O2. The molecule has 5 rings (SSSR count). The van der Waals surface area contributed by atoms with Gasteiger partial charge in [0, 0.05) is 35.6 Å². The lowest BCUT2D eigenvalue weighted by molar-refractivity contribution is -0.122. The molecule has 0 bridgehead atoms. The smallest absolute Gasteiger partial charge is 0.321 e. The van der Waals surface area contributed by atoms with Crippen LogP contribution in [-0.4, -0.2) is 35.5 Å². The number of likely N-dealkylation sites (tertiary alicyclic amines) is 1. The molecule has 2 heterocycles. The van der Waals surface area contributed by atoms with Gasteiger partial charge >= 0.3 is 6.03 Å². The SMILES string of the molecule is N#Cc1ccc([C@H]2CN(Cc3ccccc3)C[C@@]23NC(=O)N(c2cc(Cl)cc(Cl)c2)C3=O)cc1. The predicted octanol–water partition coefficient (Wildman–Crippen LogP) is 4.96. The molecule has 1 spiro atoms. The third kappa shape index (κ3) is 3.92. The summed E-state index contributed by atoms with van der Waals surface area (Å²) < 4.78 is 0. The van der Waals surface area contributed by atoms with Crippen LogP contribution in [0, 0.1) is 11.3 Å². The molecule has 0 aromatic heterocycles. The van der Waals surface area contributed by atoms with Crippen molar-refractivity contribution < 1.29 is 9.59 Å². The van der Waals surface area contributed by atoms with Gasteiger partial charge < -0.3 is 5.32 Å². The largest absolute Gasteiger partial charge is 0.329 e. The number of nitriles is 1. The zero-order chi connectivity index (χ0) is 23.9. The van der Waals surface area contributed by atoms with Gasteiger partial charge in [-0.15, -0.1) is 0 Å². The number of nitrogens with zero attached hydrogens (tertiary/aromatic N) is 3. The number of nitrogens with one attached hydrogen (secondary N) is 1. The van der Waals surface area contributed by atoms with Crippen LogP contribution in [0.2, 0.25) is 10.0 Å². The maximum atomic E-state index is 13.9. The fraction of sp³-hybridized carbons (Fsp3) is 0.192. The Hall–Kier alpha value is -3.37. The highest BCUT2D eigenvalue weighted by Crippen LogP contribution is 2.42. The van der Waals surface area contributed by atoms with E-state index in [2.05, 4.69) is 16.3 Å². The van der Waals surface area contributed by atoms with Crippen molar-refractivity contribution >= 4 is 40.8 Å². The third-order valence-corrected chi connectivity index (χ3v) is 6.86. The molecule has 2 atom stereocenters. The Morgan fingerprint density at radius 2 is 1.68 bits per heavy atom. The van der Waals surface area contributed by atoms with Crippen molar-refractivity contribution in [3.63, 3.8) is 0 Å². The van der Waals surface area contributed by atoms with E-state index in [9.17, 15) is 14.9 Å². The van der Waals surface area contributed by atoms with Crippen molar-refractivity contribution in [3.05, 3.63) is 99.5 Å². The van der Waals surface area contributed by atoms with E-state index in [1.165, 1.54) is 0 Å². The van der Waals surface area contributed by atoms with E-state index in [-0.39, 0.29) is 11.8 Å². The summed E-state index contributed by atoms with van der Waals surface area (Å²) in [6.07, 6.45) is 0. The Balaban J connectivity index is 1.54. The van der Waals surface area contributed by atoms with Gasteiger partial charge in [-0.25, -0.2) is 9.69 Å². The van der Waals surface area contributed by atoms with Gasteiger partial charge in [0.05, 0.1) is 17.3 Å². The molecule has 3 aromatic rings. The first kappa shape index (κ1) is 22.4. The summed E-state index contributed by atoms with van der Waals surface area (Å²) in [5, 5.41) is 12.9. The fourth-order valence-corrected chi connectivity index (χ4v) is 5.44. The minimum absolute atomic E-state index is 0.305. The number of carbonyl (C=O) groups is 2. The van der Waals surface area contributed by atoms with Crippen LogP contribution < -0.4 is 10.2 Å². The number of rotatable bonds is 4. The molecule has 3 aromatic carbocycles. The zero-order valence-corrected chi connectivity index (χ0v) is 19.6. The molecule has 2 aliphatic rings. The van der Waals surface area contributed by atoms with Gasteiger partial charge in [-0.2, -0.15) is 5.26 Å². The van der Waals surface area contributed by atoms with Crippen molar-refractivity contribution in [2.75, 3.05) is 18.0 Å². The van der Waals surface area contributed by atoms with Crippen LogP contribution in [0.3, 0.4) is 0 Å². The monoisotopic (exact) mass is 490 g/mol. The van der Waals surface area contributed by atoms with Gasteiger partial charge in [0.25, 0.3) is 5.91 Å². The number of amides is 3. The Morgan fingerprint density at radius 3 is 2.32 bits per heavy atom. The van der Waals surface area contributed by atoms with Gasteiger partial charge in [-0.3, -0.25) is 9.69 Å². The van der Waals surface area contributed by atoms with Crippen molar-refractivity contribution in [2.45, 2.75) is 18.0 Å². The average molecular weight is 491 g/mol. The quantitative estimate of drug-likeness (QED) is 0.524. The first-order valence-electron chi connectivity index (χ1n) is 10.8. The van der Waals surface area contributed by atoms with Gasteiger partial charge in [0.2, 0.25) is 0 Å². The molecule has 0 saturated carbocycles. The number of halogens is 2. The zero-order valence-electron chi connectivity index (χ0n) is 18.0. The highest BCUT2D eigenvalue weighted by atomic mass is 35.5. The lowest BCUT2D eigenvalue weighted by atomic mass is 9.81. The van der Waals surface area contributed by atoms with Crippen LogP contribution in [0.4, 0.5) is 10.5 Å². The molecule has 2 fully saturated rings. The Morgan fingerprint density at radius 1 is 1.00 bits per heavy atom. The van der Waals surface area contributed by atoms with E-state index in [0.717, 1.165) is 16.0 Å². The third-order valence-electron chi connectivity index (χ3n) is 6.42. The second-order valence-electron chi connectivity index (χ2n) is 8.61. The van der Waals surface area contributed by atoms with E-state index < -0.39 is 11.6 Å². The lowest BCUT2D eigenvalue weighted by Gasteiger charge is -2.28. The number of carbonyl (C=O) groups excluding carboxylic acids is 2. The topological polar surface area (TPSA) is 76.4 Å². The summed E-state index contributed by atoms with van der Waals surface area (Å²) in [4.78, 5) is 30.4. The van der Waals surface area contributed by atoms with Crippen LogP contribution in [-0.2, 0) is 11.3 Å². The summed E-state index contributed by atoms with van der Waals surface area (Å²) in [7, 11) is 0. The molecular weight excluding hydrogens is 471 g/mol. The van der Waals surface area contributed by atoms with Crippen LogP contribution >= 0.6 is 23.2 Å². The summed E-state index contributed by atoms with van der Waals surface area (Å²) >= 11 is 12.3. The summed E-state index contributed by atoms with van der Waals surface area (Å²) in [6.45, 7) is 1.56. The van der Waals surface area contributed by atoms with Crippen LogP contribution in [0.1, 0.15) is 22.6 Å². The normalized spacial score (nSPS) is 22.3. The molecule has 3 amide bonds. The van der Waals surface area contributed by atoms with E-state index in [4.69, 9.17) is 23.2 Å². The molecule has 1 N–H and O–H groups in total.